The summed E-state index contributed by atoms with van der Waals surface area (Å²) in [6.07, 6.45) is 0.157. The zero-order valence-corrected chi connectivity index (χ0v) is 17.9. The van der Waals surface area contributed by atoms with Crippen molar-refractivity contribution in [2.45, 2.75) is 44.9 Å². The van der Waals surface area contributed by atoms with Gasteiger partial charge in [-0.2, -0.15) is 0 Å². The first-order valence-corrected chi connectivity index (χ1v) is 10.8. The molecule has 2 saturated heterocycles. The largest absolute Gasteiger partial charge is 0.463 e. The van der Waals surface area contributed by atoms with Crippen LogP contribution in [0.25, 0.3) is 22.4 Å². The number of imide groups is 1. The number of furan rings is 1. The Hall–Kier alpha value is -3.53. The van der Waals surface area contributed by atoms with Crippen molar-refractivity contribution in [3.8, 4) is 11.5 Å². The van der Waals surface area contributed by atoms with E-state index < -0.39 is 47.4 Å². The standard InChI is InChI=1S/C23H20FN3O6/c1-10-9-27-19-12(6-13-18(14-4-3-5-31-14)26-33-20(13)17(19)24)8-23(21(27)11(2)32-10)15(28)7-16(29)25-22(23)30/h3-6,10-11,21H,7-9H2,1-2H3,(H,25,29,30)/t10-,11+,21-,23?/m1/s1. The quantitative estimate of drug-likeness (QED) is 0.441. The first kappa shape index (κ1) is 20.1. The smallest absolute Gasteiger partial charge is 0.242 e. The number of ketones is 1. The molecule has 2 aromatic heterocycles. The van der Waals surface area contributed by atoms with Crippen LogP contribution in [0.3, 0.4) is 0 Å². The summed E-state index contributed by atoms with van der Waals surface area (Å²) >= 11 is 0. The lowest BCUT2D eigenvalue weighted by atomic mass is 9.63. The van der Waals surface area contributed by atoms with E-state index >= 15 is 4.39 Å². The molecule has 10 heteroatoms. The monoisotopic (exact) mass is 453 g/mol. The Labute approximate surface area is 186 Å². The van der Waals surface area contributed by atoms with E-state index in [4.69, 9.17) is 13.7 Å². The van der Waals surface area contributed by atoms with Crippen LogP contribution in [0.4, 0.5) is 10.1 Å². The maximum absolute atomic E-state index is 16.0. The van der Waals surface area contributed by atoms with Crippen LogP contribution in [0.15, 0.2) is 33.4 Å². The van der Waals surface area contributed by atoms with Crippen LogP contribution < -0.4 is 10.2 Å². The number of halogens is 1. The number of anilines is 1. The van der Waals surface area contributed by atoms with Gasteiger partial charge < -0.3 is 18.6 Å². The first-order valence-electron chi connectivity index (χ1n) is 10.8. The molecular formula is C23H20FN3O6. The maximum Gasteiger partial charge on any atom is 0.242 e. The van der Waals surface area contributed by atoms with Crippen molar-refractivity contribution in [1.29, 1.82) is 0 Å². The molecule has 3 aliphatic heterocycles. The second-order valence-electron chi connectivity index (χ2n) is 8.96. The van der Waals surface area contributed by atoms with Crippen molar-refractivity contribution in [2.75, 3.05) is 11.4 Å². The lowest BCUT2D eigenvalue weighted by molar-refractivity contribution is -0.158. The Morgan fingerprint density at radius 3 is 2.82 bits per heavy atom. The third-order valence-corrected chi connectivity index (χ3v) is 6.93. The highest BCUT2D eigenvalue weighted by atomic mass is 19.1. The SMILES string of the molecule is C[C@@H]1CN2c3c(cc4c(-c5ccco5)noc4c3F)CC3(C(=O)CC(=O)NC3=O)[C@H]2[C@H](C)O1. The second kappa shape index (κ2) is 6.74. The van der Waals surface area contributed by atoms with E-state index in [9.17, 15) is 14.4 Å². The minimum absolute atomic E-state index is 0.0313. The van der Waals surface area contributed by atoms with Crippen LogP contribution in [0.5, 0.6) is 0 Å². The topological polar surface area (TPSA) is 115 Å². The number of carbonyl (C=O) groups is 3. The van der Waals surface area contributed by atoms with E-state index in [-0.39, 0.29) is 30.3 Å². The van der Waals surface area contributed by atoms with Gasteiger partial charge in [-0.15, -0.1) is 0 Å². The molecule has 4 atom stereocenters. The number of aromatic nitrogens is 1. The number of ether oxygens (including phenoxy) is 1. The van der Waals surface area contributed by atoms with Crippen molar-refractivity contribution in [1.82, 2.24) is 10.5 Å². The van der Waals surface area contributed by atoms with Gasteiger partial charge in [0, 0.05) is 6.54 Å². The summed E-state index contributed by atoms with van der Waals surface area (Å²) in [6, 6.07) is 4.28. The minimum atomic E-state index is -1.58. The number of nitrogens with zero attached hydrogens (tertiary/aromatic N) is 2. The second-order valence-corrected chi connectivity index (χ2v) is 8.96. The predicted molar refractivity (Wildman–Crippen MR) is 112 cm³/mol. The van der Waals surface area contributed by atoms with Gasteiger partial charge in [0.25, 0.3) is 0 Å². The molecule has 1 N–H and O–H groups in total. The summed E-state index contributed by atoms with van der Waals surface area (Å²) in [4.78, 5) is 40.3. The third-order valence-electron chi connectivity index (χ3n) is 6.93. The van der Waals surface area contributed by atoms with Gasteiger partial charge in [0.15, 0.2) is 23.1 Å². The Kier molecular flexibility index (Phi) is 4.10. The average Bonchev–Trinajstić information content (AvgIpc) is 3.41. The third kappa shape index (κ3) is 2.61. The fourth-order valence-corrected chi connectivity index (χ4v) is 5.74. The molecule has 3 aromatic rings. The van der Waals surface area contributed by atoms with E-state index in [1.54, 1.807) is 30.0 Å². The Morgan fingerprint density at radius 2 is 2.09 bits per heavy atom. The number of piperidine rings is 1. The molecule has 0 radical (unpaired) electrons. The number of Topliss-reactive ketones (excluding diaryl/α,β-unsaturated/α-hetero) is 1. The van der Waals surface area contributed by atoms with Gasteiger partial charge in [-0.25, -0.2) is 4.39 Å². The Bertz CT molecular complexity index is 1310. The molecule has 0 aliphatic carbocycles. The van der Waals surface area contributed by atoms with Crippen molar-refractivity contribution >= 4 is 34.3 Å². The van der Waals surface area contributed by atoms with E-state index in [1.165, 1.54) is 6.26 Å². The summed E-state index contributed by atoms with van der Waals surface area (Å²) in [7, 11) is 0. The summed E-state index contributed by atoms with van der Waals surface area (Å²) in [5, 5.41) is 6.71. The van der Waals surface area contributed by atoms with Crippen molar-refractivity contribution in [3.63, 3.8) is 0 Å². The summed E-state index contributed by atoms with van der Waals surface area (Å²) in [5.74, 6) is -2.01. The molecule has 170 valence electrons. The Balaban J connectivity index is 1.61. The molecule has 2 fully saturated rings. The van der Waals surface area contributed by atoms with Gasteiger partial charge in [0.05, 0.1) is 42.0 Å². The lowest BCUT2D eigenvalue weighted by Crippen LogP contribution is -2.72. The predicted octanol–water partition coefficient (Wildman–Crippen LogP) is 2.37. The molecule has 3 aliphatic rings. The molecule has 1 unspecified atom stereocenters. The van der Waals surface area contributed by atoms with Crippen LogP contribution >= 0.6 is 0 Å². The van der Waals surface area contributed by atoms with Crippen molar-refractivity contribution < 1.29 is 32.5 Å². The van der Waals surface area contributed by atoms with Gasteiger partial charge in [0.1, 0.15) is 5.41 Å². The first-order chi connectivity index (χ1) is 15.8. The van der Waals surface area contributed by atoms with Crippen LogP contribution in [0.1, 0.15) is 25.8 Å². The number of morpholine rings is 1. The highest BCUT2D eigenvalue weighted by molar-refractivity contribution is 6.22. The van der Waals surface area contributed by atoms with E-state index in [1.807, 2.05) is 6.92 Å². The minimum Gasteiger partial charge on any atom is -0.463 e. The van der Waals surface area contributed by atoms with E-state index in [0.29, 0.717) is 22.4 Å². The van der Waals surface area contributed by atoms with Crippen molar-refractivity contribution in [2.24, 2.45) is 5.41 Å². The number of fused-ring (bicyclic) bond motifs is 5. The number of hydrogen-bond donors (Lipinski definition) is 1. The van der Waals surface area contributed by atoms with Gasteiger partial charge >= 0.3 is 0 Å². The molecule has 33 heavy (non-hydrogen) atoms. The highest BCUT2D eigenvalue weighted by Gasteiger charge is 2.62. The molecule has 2 amide bonds. The number of rotatable bonds is 1. The number of benzene rings is 1. The number of hydrogen-bond acceptors (Lipinski definition) is 8. The summed E-state index contributed by atoms with van der Waals surface area (Å²) in [6.45, 7) is 3.87. The maximum atomic E-state index is 16.0. The Morgan fingerprint density at radius 1 is 1.27 bits per heavy atom. The van der Waals surface area contributed by atoms with Gasteiger partial charge in [-0.05, 0) is 44.0 Å². The fraction of sp³-hybridized carbons (Fsp3) is 0.391. The molecule has 0 bridgehead atoms. The fourth-order valence-electron chi connectivity index (χ4n) is 5.74. The molecule has 1 aromatic carbocycles. The number of carbonyl (C=O) groups excluding carboxylic acids is 3. The molecule has 5 heterocycles. The van der Waals surface area contributed by atoms with Gasteiger partial charge in [0.2, 0.25) is 17.4 Å². The molecule has 1 spiro atoms. The normalized spacial score (nSPS) is 29.4. The number of nitrogens with one attached hydrogen (secondary N) is 1. The van der Waals surface area contributed by atoms with E-state index in [2.05, 4.69) is 10.5 Å². The van der Waals surface area contributed by atoms with Gasteiger partial charge in [-0.3, -0.25) is 19.7 Å². The highest BCUT2D eigenvalue weighted by Crippen LogP contribution is 2.50. The zero-order valence-electron chi connectivity index (χ0n) is 17.9. The molecule has 0 saturated carbocycles. The molecule has 6 rings (SSSR count). The van der Waals surface area contributed by atoms with Gasteiger partial charge in [-0.1, -0.05) is 5.16 Å². The summed E-state index contributed by atoms with van der Waals surface area (Å²) < 4.78 is 32.7. The van der Waals surface area contributed by atoms with Crippen LogP contribution in [-0.4, -0.2) is 47.5 Å². The van der Waals surface area contributed by atoms with Crippen LogP contribution in [0, 0.1) is 11.2 Å². The van der Waals surface area contributed by atoms with Crippen LogP contribution in [-0.2, 0) is 25.5 Å². The average molecular weight is 453 g/mol. The lowest BCUT2D eigenvalue weighted by Gasteiger charge is -2.55. The van der Waals surface area contributed by atoms with E-state index in [0.717, 1.165) is 0 Å². The molecule has 9 nitrogen and oxygen atoms in total. The summed E-state index contributed by atoms with van der Waals surface area (Å²) in [5.41, 5.74) is -0.559. The van der Waals surface area contributed by atoms with Crippen molar-refractivity contribution in [3.05, 3.63) is 35.8 Å². The van der Waals surface area contributed by atoms with Crippen LogP contribution in [0.2, 0.25) is 0 Å². The molecular weight excluding hydrogens is 433 g/mol. The number of amides is 2. The zero-order chi connectivity index (χ0) is 23.1.